The van der Waals surface area contributed by atoms with E-state index in [2.05, 4.69) is 47.0 Å². The first-order chi connectivity index (χ1) is 6.29. The molecule has 0 spiro atoms. The SMILES string of the molecule is CSc1cc(OC2CC2)ccc1I. The van der Waals surface area contributed by atoms with Gasteiger partial charge in [-0.1, -0.05) is 0 Å². The summed E-state index contributed by atoms with van der Waals surface area (Å²) in [4.78, 5) is 1.30. The molecule has 1 fully saturated rings. The van der Waals surface area contributed by atoms with E-state index in [1.165, 1.54) is 21.3 Å². The average Bonchev–Trinajstić information content (AvgIpc) is 2.92. The topological polar surface area (TPSA) is 9.23 Å². The van der Waals surface area contributed by atoms with Crippen LogP contribution in [-0.4, -0.2) is 12.4 Å². The maximum absolute atomic E-state index is 5.71. The third kappa shape index (κ3) is 2.53. The lowest BCUT2D eigenvalue weighted by atomic mass is 10.3. The van der Waals surface area contributed by atoms with Gasteiger partial charge in [0.05, 0.1) is 6.10 Å². The van der Waals surface area contributed by atoms with Crippen molar-refractivity contribution in [3.8, 4) is 5.75 Å². The van der Waals surface area contributed by atoms with Crippen molar-refractivity contribution in [3.63, 3.8) is 0 Å². The number of rotatable bonds is 3. The largest absolute Gasteiger partial charge is 0.490 e. The predicted octanol–water partition coefficient (Wildman–Crippen LogP) is 3.55. The molecule has 0 saturated heterocycles. The van der Waals surface area contributed by atoms with E-state index >= 15 is 0 Å². The molecule has 1 saturated carbocycles. The van der Waals surface area contributed by atoms with Crippen LogP contribution in [0, 0.1) is 3.57 Å². The van der Waals surface area contributed by atoms with Crippen molar-refractivity contribution in [3.05, 3.63) is 21.8 Å². The van der Waals surface area contributed by atoms with Crippen molar-refractivity contribution in [2.75, 3.05) is 6.26 Å². The van der Waals surface area contributed by atoms with Crippen molar-refractivity contribution in [2.45, 2.75) is 23.8 Å². The molecular formula is C10H11IOS. The number of halogens is 1. The number of benzene rings is 1. The van der Waals surface area contributed by atoms with Crippen molar-refractivity contribution in [1.82, 2.24) is 0 Å². The van der Waals surface area contributed by atoms with Crippen LogP contribution in [0.3, 0.4) is 0 Å². The molecule has 0 heterocycles. The Kier molecular flexibility index (Phi) is 3.03. The Hall–Kier alpha value is 0.100. The van der Waals surface area contributed by atoms with Crippen LogP contribution in [0.2, 0.25) is 0 Å². The number of hydrogen-bond donors (Lipinski definition) is 0. The highest BCUT2D eigenvalue weighted by Gasteiger charge is 2.23. The van der Waals surface area contributed by atoms with Crippen LogP contribution in [0.4, 0.5) is 0 Å². The summed E-state index contributed by atoms with van der Waals surface area (Å²) in [7, 11) is 0. The number of thioether (sulfide) groups is 1. The van der Waals surface area contributed by atoms with Gasteiger partial charge in [-0.05, 0) is 59.9 Å². The summed E-state index contributed by atoms with van der Waals surface area (Å²) in [5.41, 5.74) is 0. The molecule has 0 aliphatic heterocycles. The molecule has 3 heteroatoms. The molecule has 0 N–H and O–H groups in total. The molecule has 1 aliphatic rings. The lowest BCUT2D eigenvalue weighted by Crippen LogP contribution is -1.95. The third-order valence-electron chi connectivity index (χ3n) is 1.95. The summed E-state index contributed by atoms with van der Waals surface area (Å²) < 4.78 is 7.01. The zero-order valence-electron chi connectivity index (χ0n) is 7.42. The molecular weight excluding hydrogens is 295 g/mol. The molecule has 0 radical (unpaired) electrons. The maximum Gasteiger partial charge on any atom is 0.120 e. The zero-order chi connectivity index (χ0) is 9.26. The standard InChI is InChI=1S/C10H11IOS/c1-13-10-6-8(4-5-9(10)11)12-7-2-3-7/h4-7H,2-3H2,1H3. The summed E-state index contributed by atoms with van der Waals surface area (Å²) in [5, 5.41) is 0. The fourth-order valence-corrected chi connectivity index (χ4v) is 2.58. The lowest BCUT2D eigenvalue weighted by molar-refractivity contribution is 0.302. The lowest BCUT2D eigenvalue weighted by Gasteiger charge is -2.06. The minimum Gasteiger partial charge on any atom is -0.490 e. The summed E-state index contributed by atoms with van der Waals surface area (Å²) in [6, 6.07) is 6.30. The predicted molar refractivity (Wildman–Crippen MR) is 64.6 cm³/mol. The van der Waals surface area contributed by atoms with Crippen LogP contribution in [0.5, 0.6) is 5.75 Å². The highest BCUT2D eigenvalue weighted by molar-refractivity contribution is 14.1. The molecule has 13 heavy (non-hydrogen) atoms. The van der Waals surface area contributed by atoms with Crippen molar-refractivity contribution >= 4 is 34.4 Å². The van der Waals surface area contributed by atoms with E-state index in [1.807, 2.05) is 0 Å². The quantitative estimate of drug-likeness (QED) is 0.624. The van der Waals surface area contributed by atoms with Crippen LogP contribution < -0.4 is 4.74 Å². The molecule has 1 nitrogen and oxygen atoms in total. The molecule has 0 unspecified atom stereocenters. The number of ether oxygens (including phenoxy) is 1. The molecule has 2 rings (SSSR count). The van der Waals surface area contributed by atoms with Crippen LogP contribution in [0.1, 0.15) is 12.8 Å². The molecule has 0 atom stereocenters. The van der Waals surface area contributed by atoms with E-state index in [0.29, 0.717) is 6.10 Å². The molecule has 0 amide bonds. The third-order valence-corrected chi connectivity index (χ3v) is 4.03. The fraction of sp³-hybridized carbons (Fsp3) is 0.400. The van der Waals surface area contributed by atoms with E-state index in [4.69, 9.17) is 4.74 Å². The minimum absolute atomic E-state index is 0.495. The van der Waals surface area contributed by atoms with Gasteiger partial charge in [0.15, 0.2) is 0 Å². The van der Waals surface area contributed by atoms with Crippen molar-refractivity contribution in [1.29, 1.82) is 0 Å². The van der Waals surface area contributed by atoms with E-state index in [1.54, 1.807) is 11.8 Å². The van der Waals surface area contributed by atoms with Gasteiger partial charge in [-0.25, -0.2) is 0 Å². The first kappa shape index (κ1) is 9.65. The maximum atomic E-state index is 5.71. The highest BCUT2D eigenvalue weighted by atomic mass is 127. The van der Waals surface area contributed by atoms with Crippen molar-refractivity contribution < 1.29 is 4.74 Å². The average molecular weight is 306 g/mol. The monoisotopic (exact) mass is 306 g/mol. The fourth-order valence-electron chi connectivity index (χ4n) is 1.09. The first-order valence-electron chi connectivity index (χ1n) is 4.30. The molecule has 1 aliphatic carbocycles. The van der Waals surface area contributed by atoms with Gasteiger partial charge in [0.2, 0.25) is 0 Å². The number of hydrogen-bond acceptors (Lipinski definition) is 2. The summed E-state index contributed by atoms with van der Waals surface area (Å²) in [5.74, 6) is 1.02. The summed E-state index contributed by atoms with van der Waals surface area (Å²) in [6.07, 6.45) is 5.04. The first-order valence-corrected chi connectivity index (χ1v) is 6.60. The Bertz CT molecular complexity index is 310. The highest BCUT2D eigenvalue weighted by Crippen LogP contribution is 2.31. The van der Waals surface area contributed by atoms with Crippen molar-refractivity contribution in [2.24, 2.45) is 0 Å². The van der Waals surface area contributed by atoms with Gasteiger partial charge in [-0.15, -0.1) is 11.8 Å². The molecule has 0 bridgehead atoms. The Morgan fingerprint density at radius 2 is 2.23 bits per heavy atom. The van der Waals surface area contributed by atoms with Gasteiger partial charge < -0.3 is 4.74 Å². The van der Waals surface area contributed by atoms with Gasteiger partial charge >= 0.3 is 0 Å². The summed E-state index contributed by atoms with van der Waals surface area (Å²) >= 11 is 4.12. The van der Waals surface area contributed by atoms with Gasteiger partial charge in [0.25, 0.3) is 0 Å². The summed E-state index contributed by atoms with van der Waals surface area (Å²) in [6.45, 7) is 0. The van der Waals surface area contributed by atoms with E-state index in [9.17, 15) is 0 Å². The van der Waals surface area contributed by atoms with E-state index in [-0.39, 0.29) is 0 Å². The second-order valence-electron chi connectivity index (χ2n) is 3.11. The second-order valence-corrected chi connectivity index (χ2v) is 5.12. The van der Waals surface area contributed by atoms with Crippen LogP contribution in [-0.2, 0) is 0 Å². The molecule has 1 aromatic carbocycles. The van der Waals surface area contributed by atoms with E-state index in [0.717, 1.165) is 5.75 Å². The molecule has 0 aromatic heterocycles. The normalized spacial score (nSPS) is 15.8. The van der Waals surface area contributed by atoms with Gasteiger partial charge in [-0.2, -0.15) is 0 Å². The van der Waals surface area contributed by atoms with E-state index < -0.39 is 0 Å². The Morgan fingerprint density at radius 1 is 1.46 bits per heavy atom. The van der Waals surface area contributed by atoms with Gasteiger partial charge in [0, 0.05) is 8.47 Å². The van der Waals surface area contributed by atoms with Crippen LogP contribution in [0.15, 0.2) is 23.1 Å². The molecule has 1 aromatic rings. The van der Waals surface area contributed by atoms with Gasteiger partial charge in [-0.3, -0.25) is 0 Å². The minimum atomic E-state index is 0.495. The smallest absolute Gasteiger partial charge is 0.120 e. The van der Waals surface area contributed by atoms with Crippen LogP contribution >= 0.6 is 34.4 Å². The van der Waals surface area contributed by atoms with Gasteiger partial charge in [0.1, 0.15) is 5.75 Å². The molecule has 70 valence electrons. The Labute approximate surface area is 96.4 Å². The second kappa shape index (κ2) is 4.09. The zero-order valence-corrected chi connectivity index (χ0v) is 10.4. The Morgan fingerprint density at radius 3 is 2.85 bits per heavy atom. The Balaban J connectivity index is 2.16. The van der Waals surface area contributed by atoms with Crippen LogP contribution in [0.25, 0.3) is 0 Å².